The molecule has 0 saturated heterocycles. The van der Waals surface area contributed by atoms with E-state index < -0.39 is 18.2 Å². The highest BCUT2D eigenvalue weighted by molar-refractivity contribution is 14.1. The van der Waals surface area contributed by atoms with Crippen LogP contribution < -0.4 is 5.32 Å². The van der Waals surface area contributed by atoms with Gasteiger partial charge in [-0.1, -0.05) is 0 Å². The van der Waals surface area contributed by atoms with Crippen LogP contribution in [0.2, 0.25) is 0 Å². The summed E-state index contributed by atoms with van der Waals surface area (Å²) in [6, 6.07) is 1.58. The normalized spacial score (nSPS) is 15.0. The Hall–Kier alpha value is -0.310. The van der Waals surface area contributed by atoms with Gasteiger partial charge in [0.05, 0.1) is 11.7 Å². The first-order valence-corrected chi connectivity index (χ1v) is 5.46. The van der Waals surface area contributed by atoms with E-state index >= 15 is 0 Å². The van der Waals surface area contributed by atoms with Gasteiger partial charge in [0.15, 0.2) is 0 Å². The van der Waals surface area contributed by atoms with Crippen LogP contribution in [0.4, 0.5) is 4.39 Å². The standard InChI is InChI=1S/C9H12FIN2O2/c1-12-4-6(14)8(15)7-5(11)2-3-13-9(7)10/h2-3,6,8,12,14-15H,4H2,1H3. The fraction of sp³-hybridized carbons (Fsp3) is 0.444. The molecule has 0 aliphatic heterocycles. The molecular formula is C9H12FIN2O2. The summed E-state index contributed by atoms with van der Waals surface area (Å²) in [5.74, 6) is -0.746. The Bertz CT molecular complexity index is 318. The number of hydrogen-bond donors (Lipinski definition) is 3. The maximum Gasteiger partial charge on any atom is 0.219 e. The number of rotatable bonds is 4. The third-order valence-electron chi connectivity index (χ3n) is 1.96. The number of aliphatic hydroxyl groups is 2. The van der Waals surface area contributed by atoms with E-state index in [-0.39, 0.29) is 12.1 Å². The Morgan fingerprint density at radius 2 is 2.27 bits per heavy atom. The monoisotopic (exact) mass is 326 g/mol. The van der Waals surface area contributed by atoms with E-state index in [0.29, 0.717) is 3.57 Å². The van der Waals surface area contributed by atoms with Gasteiger partial charge in [-0.05, 0) is 35.7 Å². The molecule has 6 heteroatoms. The number of halogens is 2. The maximum absolute atomic E-state index is 13.3. The molecule has 1 aromatic rings. The molecule has 0 spiro atoms. The van der Waals surface area contributed by atoms with Gasteiger partial charge in [0.25, 0.3) is 0 Å². The van der Waals surface area contributed by atoms with Crippen LogP contribution >= 0.6 is 22.6 Å². The first-order valence-electron chi connectivity index (χ1n) is 4.38. The molecule has 1 aromatic heterocycles. The molecule has 4 nitrogen and oxygen atoms in total. The molecule has 3 N–H and O–H groups in total. The molecule has 1 heterocycles. The number of hydrogen-bond acceptors (Lipinski definition) is 4. The highest BCUT2D eigenvalue weighted by atomic mass is 127. The summed E-state index contributed by atoms with van der Waals surface area (Å²) < 4.78 is 13.8. The number of pyridine rings is 1. The average Bonchev–Trinajstić information content (AvgIpc) is 2.17. The summed E-state index contributed by atoms with van der Waals surface area (Å²) in [6.07, 6.45) is -1.00. The van der Waals surface area contributed by atoms with E-state index in [1.54, 1.807) is 13.1 Å². The largest absolute Gasteiger partial charge is 0.389 e. The van der Waals surface area contributed by atoms with Gasteiger partial charge in [-0.25, -0.2) is 4.98 Å². The second-order valence-electron chi connectivity index (χ2n) is 3.07. The first kappa shape index (κ1) is 12.8. The third kappa shape index (κ3) is 3.07. The van der Waals surface area contributed by atoms with Crippen molar-refractivity contribution < 1.29 is 14.6 Å². The lowest BCUT2D eigenvalue weighted by atomic mass is 10.1. The molecule has 0 bridgehead atoms. The van der Waals surface area contributed by atoms with E-state index in [1.165, 1.54) is 6.20 Å². The van der Waals surface area contributed by atoms with Crippen molar-refractivity contribution >= 4 is 22.6 Å². The number of aliphatic hydroxyl groups excluding tert-OH is 2. The van der Waals surface area contributed by atoms with Gasteiger partial charge in [0.2, 0.25) is 5.95 Å². The van der Waals surface area contributed by atoms with E-state index in [9.17, 15) is 14.6 Å². The molecule has 0 fully saturated rings. The molecule has 84 valence electrons. The van der Waals surface area contributed by atoms with Gasteiger partial charge in [-0.15, -0.1) is 0 Å². The SMILES string of the molecule is CNCC(O)C(O)c1c(I)ccnc1F. The summed E-state index contributed by atoms with van der Waals surface area (Å²) in [7, 11) is 1.64. The molecule has 0 aromatic carbocycles. The Labute approximate surface area is 101 Å². The molecule has 2 atom stereocenters. The van der Waals surface area contributed by atoms with Crippen LogP contribution in [0.3, 0.4) is 0 Å². The molecule has 0 aliphatic rings. The fourth-order valence-corrected chi connectivity index (χ4v) is 1.90. The second-order valence-corrected chi connectivity index (χ2v) is 4.23. The predicted molar refractivity (Wildman–Crippen MR) is 61.8 cm³/mol. The highest BCUT2D eigenvalue weighted by Gasteiger charge is 2.23. The molecule has 0 radical (unpaired) electrons. The lowest BCUT2D eigenvalue weighted by Crippen LogP contribution is -2.30. The highest BCUT2D eigenvalue weighted by Crippen LogP contribution is 2.24. The topological polar surface area (TPSA) is 65.4 Å². The van der Waals surface area contributed by atoms with Gasteiger partial charge in [0.1, 0.15) is 6.10 Å². The Balaban J connectivity index is 2.94. The minimum absolute atomic E-state index is 0.0425. The maximum atomic E-state index is 13.3. The average molecular weight is 326 g/mol. The fourth-order valence-electron chi connectivity index (χ4n) is 1.20. The van der Waals surface area contributed by atoms with Gasteiger partial charge in [-0.2, -0.15) is 4.39 Å². The summed E-state index contributed by atoms with van der Waals surface area (Å²) in [5, 5.41) is 21.9. The smallest absolute Gasteiger partial charge is 0.219 e. The third-order valence-corrected chi connectivity index (χ3v) is 2.90. The lowest BCUT2D eigenvalue weighted by molar-refractivity contribution is 0.0171. The summed E-state index contributed by atoms with van der Waals surface area (Å²) >= 11 is 1.89. The molecule has 0 amide bonds. The molecule has 0 saturated carbocycles. The minimum Gasteiger partial charge on any atom is -0.389 e. The number of nitrogens with zero attached hydrogens (tertiary/aromatic N) is 1. The van der Waals surface area contributed by atoms with Gasteiger partial charge < -0.3 is 15.5 Å². The van der Waals surface area contributed by atoms with Gasteiger partial charge in [-0.3, -0.25) is 0 Å². The Morgan fingerprint density at radius 3 is 2.80 bits per heavy atom. The zero-order valence-electron chi connectivity index (χ0n) is 8.11. The van der Waals surface area contributed by atoms with Crippen LogP contribution in [0.1, 0.15) is 11.7 Å². The van der Waals surface area contributed by atoms with Crippen molar-refractivity contribution in [1.29, 1.82) is 0 Å². The minimum atomic E-state index is -1.27. The summed E-state index contributed by atoms with van der Waals surface area (Å²) in [4.78, 5) is 3.44. The van der Waals surface area contributed by atoms with E-state index in [1.807, 2.05) is 22.6 Å². The Morgan fingerprint density at radius 1 is 1.60 bits per heavy atom. The summed E-state index contributed by atoms with van der Waals surface area (Å²) in [6.45, 7) is 0.186. The number of aromatic nitrogens is 1. The van der Waals surface area contributed by atoms with Crippen molar-refractivity contribution in [2.24, 2.45) is 0 Å². The van der Waals surface area contributed by atoms with Crippen LogP contribution in [-0.2, 0) is 0 Å². The van der Waals surface area contributed by atoms with Crippen LogP contribution in [0.25, 0.3) is 0 Å². The quantitative estimate of drug-likeness (QED) is 0.555. The van der Waals surface area contributed by atoms with Crippen molar-refractivity contribution in [3.63, 3.8) is 0 Å². The van der Waals surface area contributed by atoms with Crippen LogP contribution in [-0.4, -0.2) is 34.9 Å². The van der Waals surface area contributed by atoms with Crippen LogP contribution in [0.15, 0.2) is 12.3 Å². The van der Waals surface area contributed by atoms with Crippen molar-refractivity contribution in [3.8, 4) is 0 Å². The number of likely N-dealkylation sites (N-methyl/N-ethyl adjacent to an activating group) is 1. The summed E-state index contributed by atoms with van der Waals surface area (Å²) in [5.41, 5.74) is 0.0425. The van der Waals surface area contributed by atoms with E-state index in [0.717, 1.165) is 0 Å². The van der Waals surface area contributed by atoms with Gasteiger partial charge in [0, 0.05) is 16.3 Å². The molecule has 0 aliphatic carbocycles. The van der Waals surface area contributed by atoms with Gasteiger partial charge >= 0.3 is 0 Å². The first-order chi connectivity index (χ1) is 7.07. The van der Waals surface area contributed by atoms with Crippen molar-refractivity contribution in [3.05, 3.63) is 27.3 Å². The van der Waals surface area contributed by atoms with Crippen LogP contribution in [0.5, 0.6) is 0 Å². The zero-order chi connectivity index (χ0) is 11.4. The molecule has 15 heavy (non-hydrogen) atoms. The Kier molecular flexibility index (Phi) is 4.84. The molecular weight excluding hydrogens is 314 g/mol. The predicted octanol–water partition coefficient (Wildman–Crippen LogP) is 0.439. The van der Waals surface area contributed by atoms with Crippen LogP contribution in [0, 0.1) is 9.52 Å². The lowest BCUT2D eigenvalue weighted by Gasteiger charge is -2.18. The van der Waals surface area contributed by atoms with E-state index in [4.69, 9.17) is 0 Å². The number of nitrogens with one attached hydrogen (secondary N) is 1. The zero-order valence-corrected chi connectivity index (χ0v) is 10.3. The molecule has 1 rings (SSSR count). The van der Waals surface area contributed by atoms with E-state index in [2.05, 4.69) is 10.3 Å². The van der Waals surface area contributed by atoms with Crippen molar-refractivity contribution in [1.82, 2.24) is 10.3 Å². The second kappa shape index (κ2) is 5.69. The van der Waals surface area contributed by atoms with Crippen molar-refractivity contribution in [2.75, 3.05) is 13.6 Å². The van der Waals surface area contributed by atoms with Crippen molar-refractivity contribution in [2.45, 2.75) is 12.2 Å². The molecule has 2 unspecified atom stereocenters.